The molecule has 30 heavy (non-hydrogen) atoms. The highest BCUT2D eigenvalue weighted by Crippen LogP contribution is 2.37. The van der Waals surface area contributed by atoms with Crippen LogP contribution in [-0.4, -0.2) is 22.5 Å². The Hall–Kier alpha value is -2.96. The van der Waals surface area contributed by atoms with Crippen molar-refractivity contribution in [1.29, 1.82) is 0 Å². The van der Waals surface area contributed by atoms with E-state index in [4.69, 9.17) is 4.74 Å². The van der Waals surface area contributed by atoms with Crippen LogP contribution in [0.1, 0.15) is 29.8 Å². The summed E-state index contributed by atoms with van der Waals surface area (Å²) in [5.74, 6) is 0.425. The molecule has 0 spiro atoms. The lowest BCUT2D eigenvalue weighted by Crippen LogP contribution is -2.04. The Morgan fingerprint density at radius 2 is 1.77 bits per heavy atom. The van der Waals surface area contributed by atoms with Gasteiger partial charge in [0.1, 0.15) is 17.0 Å². The molecule has 0 saturated carbocycles. The molecule has 7 heteroatoms. The van der Waals surface area contributed by atoms with E-state index in [0.717, 1.165) is 39.3 Å². The maximum atomic E-state index is 11.8. The first-order chi connectivity index (χ1) is 14.2. The normalized spacial score (nSPS) is 10.5. The van der Waals surface area contributed by atoms with E-state index in [1.54, 1.807) is 36.7 Å². The Kier molecular flexibility index (Phi) is 7.03. The number of carbonyl (C=O) groups is 1. The third kappa shape index (κ3) is 4.45. The Bertz CT molecular complexity index is 1140. The highest BCUT2D eigenvalue weighted by molar-refractivity contribution is 7.17. The SMILES string of the molecule is CCOC(=O)c1ccc(Nc2ncnc3scc(-c4ccc(CC)cc4)c23)cc1.Cl. The fourth-order valence-electron chi connectivity index (χ4n) is 3.14. The van der Waals surface area contributed by atoms with E-state index in [9.17, 15) is 4.79 Å². The van der Waals surface area contributed by atoms with E-state index in [2.05, 4.69) is 51.9 Å². The molecule has 0 aliphatic heterocycles. The van der Waals surface area contributed by atoms with E-state index >= 15 is 0 Å². The van der Waals surface area contributed by atoms with Gasteiger partial charge in [-0.05, 0) is 48.7 Å². The Morgan fingerprint density at radius 3 is 2.43 bits per heavy atom. The summed E-state index contributed by atoms with van der Waals surface area (Å²) >= 11 is 1.60. The Labute approximate surface area is 185 Å². The summed E-state index contributed by atoms with van der Waals surface area (Å²) in [7, 11) is 0. The van der Waals surface area contributed by atoms with Gasteiger partial charge in [-0.3, -0.25) is 0 Å². The quantitative estimate of drug-likeness (QED) is 0.359. The van der Waals surface area contributed by atoms with E-state index in [0.29, 0.717) is 12.2 Å². The van der Waals surface area contributed by atoms with Gasteiger partial charge in [0.05, 0.1) is 17.6 Å². The van der Waals surface area contributed by atoms with Crippen LogP contribution in [0, 0.1) is 0 Å². The molecule has 0 aliphatic rings. The lowest BCUT2D eigenvalue weighted by molar-refractivity contribution is 0.0526. The Morgan fingerprint density at radius 1 is 1.03 bits per heavy atom. The van der Waals surface area contributed by atoms with Gasteiger partial charge in [0, 0.05) is 16.6 Å². The highest BCUT2D eigenvalue weighted by Gasteiger charge is 2.14. The van der Waals surface area contributed by atoms with E-state index in [-0.39, 0.29) is 18.4 Å². The van der Waals surface area contributed by atoms with Crippen LogP contribution in [0.15, 0.2) is 60.2 Å². The molecular formula is C23H22ClN3O2S. The van der Waals surface area contributed by atoms with Gasteiger partial charge in [-0.25, -0.2) is 14.8 Å². The molecule has 0 amide bonds. The van der Waals surface area contributed by atoms with Crippen LogP contribution in [0.5, 0.6) is 0 Å². The smallest absolute Gasteiger partial charge is 0.338 e. The number of nitrogens with zero attached hydrogens (tertiary/aromatic N) is 2. The number of esters is 1. The van der Waals surface area contributed by atoms with Crippen LogP contribution in [0.2, 0.25) is 0 Å². The van der Waals surface area contributed by atoms with E-state index < -0.39 is 0 Å². The zero-order chi connectivity index (χ0) is 20.2. The molecule has 4 aromatic rings. The number of benzene rings is 2. The number of rotatable bonds is 6. The number of aromatic nitrogens is 2. The summed E-state index contributed by atoms with van der Waals surface area (Å²) in [6.45, 7) is 4.30. The first-order valence-electron chi connectivity index (χ1n) is 9.55. The Balaban J connectivity index is 0.00000256. The molecule has 0 aliphatic carbocycles. The number of halogens is 1. The minimum atomic E-state index is -0.320. The number of hydrogen-bond donors (Lipinski definition) is 1. The van der Waals surface area contributed by atoms with Crippen molar-refractivity contribution < 1.29 is 9.53 Å². The van der Waals surface area contributed by atoms with Crippen molar-refractivity contribution in [3.63, 3.8) is 0 Å². The second-order valence-electron chi connectivity index (χ2n) is 6.53. The molecule has 0 bridgehead atoms. The topological polar surface area (TPSA) is 64.1 Å². The van der Waals surface area contributed by atoms with Crippen LogP contribution in [0.25, 0.3) is 21.3 Å². The highest BCUT2D eigenvalue weighted by atomic mass is 35.5. The van der Waals surface area contributed by atoms with Crippen LogP contribution in [-0.2, 0) is 11.2 Å². The number of hydrogen-bond acceptors (Lipinski definition) is 6. The van der Waals surface area contributed by atoms with Crippen molar-refractivity contribution in [3.05, 3.63) is 71.4 Å². The molecule has 2 heterocycles. The van der Waals surface area contributed by atoms with Crippen LogP contribution >= 0.6 is 23.7 Å². The number of aryl methyl sites for hydroxylation is 1. The summed E-state index contributed by atoms with van der Waals surface area (Å²) in [6, 6.07) is 15.8. The maximum Gasteiger partial charge on any atom is 0.338 e. The third-order valence-corrected chi connectivity index (χ3v) is 5.59. The first kappa shape index (κ1) is 21.7. The van der Waals surface area contributed by atoms with Crippen LogP contribution < -0.4 is 5.32 Å². The van der Waals surface area contributed by atoms with Gasteiger partial charge < -0.3 is 10.1 Å². The monoisotopic (exact) mass is 439 g/mol. The fourth-order valence-corrected chi connectivity index (χ4v) is 4.06. The van der Waals surface area contributed by atoms with Gasteiger partial charge in [-0.15, -0.1) is 23.7 Å². The van der Waals surface area contributed by atoms with E-state index in [1.165, 1.54) is 5.56 Å². The second kappa shape index (κ2) is 9.69. The van der Waals surface area contributed by atoms with Crippen molar-refractivity contribution in [3.8, 4) is 11.1 Å². The second-order valence-corrected chi connectivity index (χ2v) is 7.38. The maximum absolute atomic E-state index is 11.8. The largest absolute Gasteiger partial charge is 0.462 e. The molecule has 154 valence electrons. The number of thiophene rings is 1. The fraction of sp³-hybridized carbons (Fsp3) is 0.174. The molecule has 4 rings (SSSR count). The molecule has 0 unspecified atom stereocenters. The minimum absolute atomic E-state index is 0. The minimum Gasteiger partial charge on any atom is -0.462 e. The molecule has 0 saturated heterocycles. The van der Waals surface area contributed by atoms with Gasteiger partial charge >= 0.3 is 5.97 Å². The molecule has 2 aromatic carbocycles. The number of anilines is 2. The lowest BCUT2D eigenvalue weighted by atomic mass is 10.0. The van der Waals surface area contributed by atoms with Gasteiger partial charge in [0.25, 0.3) is 0 Å². The zero-order valence-corrected chi connectivity index (χ0v) is 18.3. The molecule has 2 aromatic heterocycles. The zero-order valence-electron chi connectivity index (χ0n) is 16.7. The van der Waals surface area contributed by atoms with Crippen molar-refractivity contribution in [2.75, 3.05) is 11.9 Å². The van der Waals surface area contributed by atoms with Gasteiger partial charge in [-0.1, -0.05) is 31.2 Å². The van der Waals surface area contributed by atoms with Gasteiger partial charge in [-0.2, -0.15) is 0 Å². The molecule has 0 radical (unpaired) electrons. The van der Waals surface area contributed by atoms with Gasteiger partial charge in [0.2, 0.25) is 0 Å². The standard InChI is InChI=1S/C23H21N3O2S.ClH/c1-3-15-5-7-16(8-6-15)19-13-29-22-20(19)21(24-14-25-22)26-18-11-9-17(10-12-18)23(27)28-4-2;/h5-14H,3-4H2,1-2H3,(H,24,25,26);1H. The number of carbonyl (C=O) groups excluding carboxylic acids is 1. The summed E-state index contributed by atoms with van der Waals surface area (Å²) in [5.41, 5.74) is 4.93. The predicted octanol–water partition coefficient (Wildman–Crippen LogP) is 6.26. The summed E-state index contributed by atoms with van der Waals surface area (Å²) in [6.07, 6.45) is 2.58. The van der Waals surface area contributed by atoms with Crippen molar-refractivity contribution >= 4 is 51.4 Å². The average molecular weight is 440 g/mol. The summed E-state index contributed by atoms with van der Waals surface area (Å²) in [4.78, 5) is 21.7. The van der Waals surface area contributed by atoms with Crippen LogP contribution in [0.3, 0.4) is 0 Å². The van der Waals surface area contributed by atoms with Crippen molar-refractivity contribution in [1.82, 2.24) is 9.97 Å². The summed E-state index contributed by atoms with van der Waals surface area (Å²) in [5, 5.41) is 6.48. The molecule has 0 atom stereocenters. The first-order valence-corrected chi connectivity index (χ1v) is 10.4. The predicted molar refractivity (Wildman–Crippen MR) is 125 cm³/mol. The van der Waals surface area contributed by atoms with E-state index in [1.807, 2.05) is 12.1 Å². The van der Waals surface area contributed by atoms with Gasteiger partial charge in [0.15, 0.2) is 0 Å². The average Bonchev–Trinajstić information content (AvgIpc) is 3.20. The van der Waals surface area contributed by atoms with Crippen molar-refractivity contribution in [2.45, 2.75) is 20.3 Å². The number of fused-ring (bicyclic) bond motifs is 1. The molecular weight excluding hydrogens is 418 g/mol. The molecule has 1 N–H and O–H groups in total. The number of ether oxygens (including phenoxy) is 1. The third-order valence-electron chi connectivity index (χ3n) is 4.70. The number of nitrogens with one attached hydrogen (secondary N) is 1. The van der Waals surface area contributed by atoms with Crippen LogP contribution in [0.4, 0.5) is 11.5 Å². The summed E-state index contributed by atoms with van der Waals surface area (Å²) < 4.78 is 5.04. The van der Waals surface area contributed by atoms with Crippen molar-refractivity contribution in [2.24, 2.45) is 0 Å². The molecule has 0 fully saturated rings. The molecule has 5 nitrogen and oxygen atoms in total. The lowest BCUT2D eigenvalue weighted by Gasteiger charge is -2.09.